The molecular weight excluding hydrogens is 754 g/mol. The summed E-state index contributed by atoms with van der Waals surface area (Å²) in [5.41, 5.74) is 0.342. The van der Waals surface area contributed by atoms with Gasteiger partial charge in [-0.1, -0.05) is 69.9 Å². The molecule has 2 aliphatic heterocycles. The maximum Gasteiger partial charge on any atom is 0.339 e. The number of hydrogen-bond donors (Lipinski definition) is 6. The van der Waals surface area contributed by atoms with Gasteiger partial charge in [0.1, 0.15) is 48.3 Å². The van der Waals surface area contributed by atoms with E-state index in [2.05, 4.69) is 19.2 Å². The van der Waals surface area contributed by atoms with Gasteiger partial charge in [0.15, 0.2) is 12.1 Å². The van der Waals surface area contributed by atoms with Gasteiger partial charge in [0.05, 0.1) is 31.4 Å². The number of carbonyl (C=O) groups is 3. The minimum Gasteiger partial charge on any atom is -0.460 e. The highest BCUT2D eigenvalue weighted by Crippen LogP contribution is 2.43. The van der Waals surface area contributed by atoms with Gasteiger partial charge in [0.2, 0.25) is 5.91 Å². The van der Waals surface area contributed by atoms with Gasteiger partial charge in [0.25, 0.3) is 0 Å². The Hall–Kier alpha value is -3.25. The van der Waals surface area contributed by atoms with E-state index in [1.54, 1.807) is 63.3 Å². The molecule has 6 N–H and O–H groups in total. The van der Waals surface area contributed by atoms with Gasteiger partial charge >= 0.3 is 11.9 Å². The van der Waals surface area contributed by atoms with Gasteiger partial charge in [-0.25, -0.2) is 4.79 Å². The van der Waals surface area contributed by atoms with E-state index in [1.165, 1.54) is 0 Å². The molecule has 0 spiro atoms. The van der Waals surface area contributed by atoms with Gasteiger partial charge in [0, 0.05) is 31.3 Å². The Kier molecular flexibility index (Phi) is 18.3. The number of esters is 2. The van der Waals surface area contributed by atoms with Crippen LogP contribution in [0.25, 0.3) is 6.08 Å². The Balaban J connectivity index is 1.52. The fraction of sp³-hybridized carbons (Fsp3) is 0.698. The Morgan fingerprint density at radius 1 is 0.966 bits per heavy atom. The molecule has 4 rings (SSSR count). The molecule has 3 aliphatic rings. The number of unbranched alkanes of at least 4 members (excludes halogenated alkanes) is 4. The molecule has 0 aromatic heterocycles. The highest BCUT2D eigenvalue weighted by atomic mass is 16.8. The number of aliphatic hydroxyl groups excluding tert-OH is 5. The minimum atomic E-state index is -1.58. The molecule has 1 aromatic rings. The highest BCUT2D eigenvalue weighted by molar-refractivity contribution is 5.95. The van der Waals surface area contributed by atoms with Crippen LogP contribution in [0.15, 0.2) is 42.0 Å². The SMILES string of the molecule is CCCCCC1(CCCCC)O[C@@H]2[C@@H](C=C(C(=O)N[C@H](CO)CCC(=O)OC(C)(C)C)C[C@H]2OC(=O)c2ccccc2C=CCO[C@H]2O[C@H](CO)[C@H](O)[C@H](O)[C@H]2O)O1. The Morgan fingerprint density at radius 2 is 1.66 bits per heavy atom. The van der Waals surface area contributed by atoms with Crippen molar-refractivity contribution in [2.45, 2.75) is 172 Å². The van der Waals surface area contributed by atoms with Crippen molar-refractivity contribution in [1.82, 2.24) is 5.32 Å². The lowest BCUT2D eigenvalue weighted by Gasteiger charge is -2.39. The number of benzene rings is 1. The lowest BCUT2D eigenvalue weighted by molar-refractivity contribution is -0.298. The van der Waals surface area contributed by atoms with Gasteiger partial charge in [-0.15, -0.1) is 0 Å². The molecule has 15 nitrogen and oxygen atoms in total. The largest absolute Gasteiger partial charge is 0.460 e. The topological polar surface area (TPSA) is 220 Å². The molecule has 2 fully saturated rings. The standard InChI is InChI=1S/C43H65NO14/c1-6-8-12-20-43(21-13-9-7-2)56-32-24-28(39(51)44-29(25-45)18-19-34(47)57-42(3,4)5)23-31(38(32)58-43)54-40(52)30-17-11-10-15-27(30)16-14-22-53-41-37(50)36(49)35(48)33(26-46)55-41/h10-11,14-17,24,29,31-33,35-38,41,45-46,48-50H,6-9,12-13,18-23,25-26H2,1-5H3,(H,44,51)/t29-,31+,32+,33+,35-,36-,37+,38-,41-/m0/s1. The first-order chi connectivity index (χ1) is 27.6. The van der Waals surface area contributed by atoms with Crippen LogP contribution in [0.1, 0.15) is 121 Å². The molecule has 58 heavy (non-hydrogen) atoms. The van der Waals surface area contributed by atoms with Crippen LogP contribution in [0.4, 0.5) is 0 Å². The molecular formula is C43H65NO14. The molecule has 0 saturated carbocycles. The van der Waals surface area contributed by atoms with Gasteiger partial charge in [-0.3, -0.25) is 9.59 Å². The number of aliphatic hydroxyl groups is 5. The fourth-order valence-electron chi connectivity index (χ4n) is 7.33. The van der Waals surface area contributed by atoms with Crippen LogP contribution < -0.4 is 5.32 Å². The molecule has 9 atom stereocenters. The van der Waals surface area contributed by atoms with E-state index in [-0.39, 0.29) is 31.4 Å². The van der Waals surface area contributed by atoms with Crippen molar-refractivity contribution in [3.63, 3.8) is 0 Å². The van der Waals surface area contributed by atoms with Crippen molar-refractivity contribution in [3.05, 3.63) is 53.1 Å². The third-order valence-corrected chi connectivity index (χ3v) is 10.4. The molecule has 15 heteroatoms. The summed E-state index contributed by atoms with van der Waals surface area (Å²) in [7, 11) is 0. The van der Waals surface area contributed by atoms with Gasteiger partial charge < -0.3 is 59.3 Å². The molecule has 2 saturated heterocycles. The second-order valence-electron chi connectivity index (χ2n) is 16.3. The van der Waals surface area contributed by atoms with Crippen molar-refractivity contribution >= 4 is 23.9 Å². The summed E-state index contributed by atoms with van der Waals surface area (Å²) >= 11 is 0. The quantitative estimate of drug-likeness (QED) is 0.0772. The Bertz CT molecular complexity index is 1530. The maximum atomic E-state index is 14.0. The summed E-state index contributed by atoms with van der Waals surface area (Å²) < 4.78 is 36.0. The van der Waals surface area contributed by atoms with E-state index in [0.29, 0.717) is 24.0 Å². The van der Waals surface area contributed by atoms with Crippen LogP contribution in [0, 0.1) is 0 Å². The van der Waals surface area contributed by atoms with E-state index in [0.717, 1.165) is 38.5 Å². The zero-order valence-corrected chi connectivity index (χ0v) is 34.5. The van der Waals surface area contributed by atoms with E-state index in [1.807, 2.05) is 0 Å². The van der Waals surface area contributed by atoms with Crippen LogP contribution in [0.3, 0.4) is 0 Å². The number of amides is 1. The monoisotopic (exact) mass is 819 g/mol. The summed E-state index contributed by atoms with van der Waals surface area (Å²) in [6.07, 6.45) is 2.73. The molecule has 0 bridgehead atoms. The zero-order chi connectivity index (χ0) is 42.5. The van der Waals surface area contributed by atoms with E-state index in [9.17, 15) is 39.9 Å². The first-order valence-corrected chi connectivity index (χ1v) is 20.7. The van der Waals surface area contributed by atoms with E-state index < -0.39 is 97.5 Å². The van der Waals surface area contributed by atoms with Crippen molar-refractivity contribution in [2.75, 3.05) is 19.8 Å². The van der Waals surface area contributed by atoms with Crippen molar-refractivity contribution in [2.24, 2.45) is 0 Å². The van der Waals surface area contributed by atoms with Gasteiger partial charge in [-0.05, 0) is 57.7 Å². The summed E-state index contributed by atoms with van der Waals surface area (Å²) in [6.45, 7) is 8.43. The molecule has 326 valence electrons. The summed E-state index contributed by atoms with van der Waals surface area (Å²) in [5, 5.41) is 52.8. The number of ether oxygens (including phenoxy) is 6. The third kappa shape index (κ3) is 13.4. The van der Waals surface area contributed by atoms with Crippen LogP contribution >= 0.6 is 0 Å². The normalized spacial score (nSPS) is 27.4. The Morgan fingerprint density at radius 3 is 2.29 bits per heavy atom. The predicted octanol–water partition coefficient (Wildman–Crippen LogP) is 3.61. The van der Waals surface area contributed by atoms with Crippen LogP contribution in [0.5, 0.6) is 0 Å². The second kappa shape index (κ2) is 22.4. The van der Waals surface area contributed by atoms with E-state index in [4.69, 9.17) is 28.4 Å². The molecule has 1 aromatic carbocycles. The van der Waals surface area contributed by atoms with Crippen LogP contribution in [-0.2, 0) is 38.0 Å². The number of fused-ring (bicyclic) bond motifs is 1. The van der Waals surface area contributed by atoms with E-state index >= 15 is 0 Å². The number of hydrogen-bond acceptors (Lipinski definition) is 14. The molecule has 1 amide bonds. The van der Waals surface area contributed by atoms with Crippen molar-refractivity contribution < 1.29 is 68.3 Å². The average molecular weight is 820 g/mol. The highest BCUT2D eigenvalue weighted by Gasteiger charge is 2.52. The smallest absolute Gasteiger partial charge is 0.339 e. The first-order valence-electron chi connectivity index (χ1n) is 20.7. The van der Waals surface area contributed by atoms with Crippen molar-refractivity contribution in [1.29, 1.82) is 0 Å². The average Bonchev–Trinajstić information content (AvgIpc) is 3.56. The van der Waals surface area contributed by atoms with Crippen molar-refractivity contribution in [3.8, 4) is 0 Å². The third-order valence-electron chi connectivity index (χ3n) is 10.4. The van der Waals surface area contributed by atoms with Crippen LogP contribution in [-0.4, -0.2) is 130 Å². The number of nitrogens with one attached hydrogen (secondary N) is 1. The lowest BCUT2D eigenvalue weighted by atomic mass is 9.91. The fourth-order valence-corrected chi connectivity index (χ4v) is 7.33. The number of carbonyl (C=O) groups excluding carboxylic acids is 3. The Labute approximate surface area is 341 Å². The lowest BCUT2D eigenvalue weighted by Crippen LogP contribution is -2.59. The van der Waals surface area contributed by atoms with Crippen LogP contribution in [0.2, 0.25) is 0 Å². The molecule has 1 aliphatic carbocycles. The minimum absolute atomic E-state index is 0.00448. The van der Waals surface area contributed by atoms with Gasteiger partial charge in [-0.2, -0.15) is 0 Å². The second-order valence-corrected chi connectivity index (χ2v) is 16.3. The molecule has 2 heterocycles. The summed E-state index contributed by atoms with van der Waals surface area (Å²) in [6, 6.07) is 6.01. The molecule has 0 unspecified atom stereocenters. The molecule has 0 radical (unpaired) electrons. The maximum absolute atomic E-state index is 14.0. The first kappa shape index (κ1) is 47.4. The summed E-state index contributed by atoms with van der Waals surface area (Å²) in [4.78, 5) is 40.2. The predicted molar refractivity (Wildman–Crippen MR) is 212 cm³/mol. The number of rotatable bonds is 21. The zero-order valence-electron chi connectivity index (χ0n) is 34.5. The summed E-state index contributed by atoms with van der Waals surface area (Å²) in [5.74, 6) is -2.51.